The monoisotopic (exact) mass is 388 g/mol. The Kier molecular flexibility index (Phi) is 6.30. The molecule has 0 radical (unpaired) electrons. The van der Waals surface area contributed by atoms with E-state index >= 15 is 0 Å². The minimum atomic E-state index is -0.240. The lowest BCUT2D eigenvalue weighted by molar-refractivity contribution is -0.119. The minimum Gasteiger partial charge on any atom is -0.344 e. The lowest BCUT2D eigenvalue weighted by Gasteiger charge is -2.18. The second-order valence-corrected chi connectivity index (χ2v) is 7.60. The second kappa shape index (κ2) is 8.86. The van der Waals surface area contributed by atoms with Gasteiger partial charge in [-0.15, -0.1) is 16.4 Å². The fraction of sp³-hybridized carbons (Fsp3) is 0.278. The summed E-state index contributed by atoms with van der Waals surface area (Å²) in [7, 11) is 0. The number of nitrogens with zero attached hydrogens (tertiary/aromatic N) is 2. The van der Waals surface area contributed by atoms with E-state index in [1.165, 1.54) is 11.8 Å². The van der Waals surface area contributed by atoms with Crippen molar-refractivity contribution in [1.82, 2.24) is 20.1 Å². The third kappa shape index (κ3) is 4.44. The standard InChI is InChI=1S/C18H20N4O2S2/c1-2-10-22-17(24)20-21-18(22)26-12-15(23)19-16(14-9-6-11-25-14)13-7-4-3-5-8-13/h3-9,11,16H,2,10,12H2,1H3,(H,19,23)(H,20,24)/t16-/m1/s1. The van der Waals surface area contributed by atoms with Gasteiger partial charge in [0, 0.05) is 11.4 Å². The number of aromatic nitrogens is 3. The average Bonchev–Trinajstić information content (AvgIpc) is 3.30. The maximum Gasteiger partial charge on any atom is 0.343 e. The van der Waals surface area contributed by atoms with Gasteiger partial charge in [-0.1, -0.05) is 55.1 Å². The van der Waals surface area contributed by atoms with Crippen LogP contribution in [0.5, 0.6) is 0 Å². The number of H-pyrrole nitrogens is 1. The SMILES string of the molecule is CCCn1c(SCC(=O)N[C@H](c2ccccc2)c2cccs2)n[nH]c1=O. The number of hydrogen-bond donors (Lipinski definition) is 2. The number of nitrogens with one attached hydrogen (secondary N) is 2. The van der Waals surface area contributed by atoms with Crippen LogP contribution in [-0.2, 0) is 11.3 Å². The Labute approximate surface area is 159 Å². The molecule has 3 rings (SSSR count). The molecule has 8 heteroatoms. The van der Waals surface area contributed by atoms with E-state index in [0.717, 1.165) is 16.9 Å². The molecular formula is C18H20N4O2S2. The van der Waals surface area contributed by atoms with E-state index in [2.05, 4.69) is 15.5 Å². The summed E-state index contributed by atoms with van der Waals surface area (Å²) >= 11 is 2.87. The van der Waals surface area contributed by atoms with Gasteiger partial charge in [0.2, 0.25) is 5.91 Å². The van der Waals surface area contributed by atoms with Crippen LogP contribution in [0.2, 0.25) is 0 Å². The normalized spacial score (nSPS) is 12.0. The van der Waals surface area contributed by atoms with Crippen molar-refractivity contribution in [1.29, 1.82) is 0 Å². The number of benzene rings is 1. The fourth-order valence-electron chi connectivity index (χ4n) is 2.59. The number of carbonyl (C=O) groups excluding carboxylic acids is 1. The van der Waals surface area contributed by atoms with E-state index in [4.69, 9.17) is 0 Å². The molecule has 0 fully saturated rings. The third-order valence-corrected chi connectivity index (χ3v) is 5.68. The smallest absolute Gasteiger partial charge is 0.343 e. The van der Waals surface area contributed by atoms with Crippen LogP contribution in [0.3, 0.4) is 0 Å². The number of rotatable bonds is 8. The van der Waals surface area contributed by atoms with Crippen molar-refractivity contribution in [2.75, 3.05) is 5.75 Å². The van der Waals surface area contributed by atoms with E-state index in [1.807, 2.05) is 54.8 Å². The summed E-state index contributed by atoms with van der Waals surface area (Å²) in [5.74, 6) is 0.0960. The molecule has 0 aliphatic carbocycles. The Morgan fingerprint density at radius 2 is 2.12 bits per heavy atom. The number of hydrogen-bond acceptors (Lipinski definition) is 5. The summed E-state index contributed by atoms with van der Waals surface area (Å²) in [5.41, 5.74) is 0.798. The van der Waals surface area contributed by atoms with Crippen LogP contribution in [0.1, 0.15) is 29.8 Å². The Hall–Kier alpha value is -2.32. The zero-order chi connectivity index (χ0) is 18.4. The first-order valence-corrected chi connectivity index (χ1v) is 10.2. The van der Waals surface area contributed by atoms with Gasteiger partial charge in [-0.25, -0.2) is 9.89 Å². The van der Waals surface area contributed by atoms with E-state index in [1.54, 1.807) is 15.9 Å². The lowest BCUT2D eigenvalue weighted by Crippen LogP contribution is -2.30. The minimum absolute atomic E-state index is 0.101. The Morgan fingerprint density at radius 3 is 2.81 bits per heavy atom. The van der Waals surface area contributed by atoms with Gasteiger partial charge in [0.15, 0.2) is 5.16 Å². The zero-order valence-corrected chi connectivity index (χ0v) is 16.0. The van der Waals surface area contributed by atoms with E-state index in [0.29, 0.717) is 11.7 Å². The van der Waals surface area contributed by atoms with Gasteiger partial charge in [-0.05, 0) is 23.4 Å². The molecule has 0 unspecified atom stereocenters. The molecule has 0 aliphatic rings. The topological polar surface area (TPSA) is 79.8 Å². The maximum atomic E-state index is 12.5. The Morgan fingerprint density at radius 1 is 1.31 bits per heavy atom. The Bertz CT molecular complexity index is 888. The zero-order valence-electron chi connectivity index (χ0n) is 14.3. The van der Waals surface area contributed by atoms with Gasteiger partial charge in [-0.2, -0.15) is 0 Å². The summed E-state index contributed by atoms with van der Waals surface area (Å²) in [6.45, 7) is 2.58. The molecule has 3 aromatic rings. The van der Waals surface area contributed by atoms with Crippen LogP contribution >= 0.6 is 23.1 Å². The molecule has 1 amide bonds. The summed E-state index contributed by atoms with van der Waals surface area (Å²) in [6.07, 6.45) is 0.827. The first kappa shape index (κ1) is 18.5. The summed E-state index contributed by atoms with van der Waals surface area (Å²) in [5, 5.41) is 12.1. The molecule has 26 heavy (non-hydrogen) atoms. The number of aromatic amines is 1. The molecule has 0 bridgehead atoms. The largest absolute Gasteiger partial charge is 0.344 e. The van der Waals surface area contributed by atoms with Crippen molar-refractivity contribution in [3.05, 3.63) is 68.8 Å². The first-order chi connectivity index (χ1) is 12.7. The highest BCUT2D eigenvalue weighted by Gasteiger charge is 2.18. The van der Waals surface area contributed by atoms with Crippen molar-refractivity contribution in [3.8, 4) is 0 Å². The lowest BCUT2D eigenvalue weighted by atomic mass is 10.1. The van der Waals surface area contributed by atoms with Crippen molar-refractivity contribution in [2.24, 2.45) is 0 Å². The van der Waals surface area contributed by atoms with Crippen molar-refractivity contribution >= 4 is 29.0 Å². The van der Waals surface area contributed by atoms with Crippen LogP contribution in [0.15, 0.2) is 57.8 Å². The predicted octanol–water partition coefficient (Wildman–Crippen LogP) is 3.04. The second-order valence-electron chi connectivity index (χ2n) is 5.68. The average molecular weight is 389 g/mol. The van der Waals surface area contributed by atoms with Crippen LogP contribution < -0.4 is 11.0 Å². The van der Waals surface area contributed by atoms with Gasteiger partial charge in [-0.3, -0.25) is 9.36 Å². The maximum absolute atomic E-state index is 12.5. The van der Waals surface area contributed by atoms with Gasteiger partial charge in [0.25, 0.3) is 0 Å². The molecule has 0 saturated heterocycles. The molecule has 0 spiro atoms. The number of thioether (sulfide) groups is 1. The summed E-state index contributed by atoms with van der Waals surface area (Å²) < 4.78 is 1.56. The number of carbonyl (C=O) groups is 1. The fourth-order valence-corrected chi connectivity index (χ4v) is 4.17. The highest BCUT2D eigenvalue weighted by atomic mass is 32.2. The number of amides is 1. The highest BCUT2D eigenvalue weighted by Crippen LogP contribution is 2.26. The quantitative estimate of drug-likeness (QED) is 0.581. The Balaban J connectivity index is 1.68. The molecule has 0 saturated carbocycles. The summed E-state index contributed by atoms with van der Waals surface area (Å²) in [6, 6.07) is 13.7. The molecular weight excluding hydrogens is 368 g/mol. The van der Waals surface area contributed by atoms with E-state index < -0.39 is 0 Å². The first-order valence-electron chi connectivity index (χ1n) is 8.34. The molecule has 0 aliphatic heterocycles. The van der Waals surface area contributed by atoms with Gasteiger partial charge < -0.3 is 5.32 Å². The van der Waals surface area contributed by atoms with Gasteiger partial charge >= 0.3 is 5.69 Å². The highest BCUT2D eigenvalue weighted by molar-refractivity contribution is 7.99. The van der Waals surface area contributed by atoms with Crippen LogP contribution in [-0.4, -0.2) is 26.4 Å². The third-order valence-electron chi connectivity index (χ3n) is 3.77. The van der Waals surface area contributed by atoms with Gasteiger partial charge in [0.05, 0.1) is 11.8 Å². The molecule has 1 aromatic carbocycles. The molecule has 136 valence electrons. The van der Waals surface area contributed by atoms with Crippen molar-refractivity contribution < 1.29 is 4.79 Å². The molecule has 2 heterocycles. The van der Waals surface area contributed by atoms with Crippen LogP contribution in [0.25, 0.3) is 0 Å². The predicted molar refractivity (Wildman–Crippen MR) is 105 cm³/mol. The summed E-state index contributed by atoms with van der Waals surface area (Å²) in [4.78, 5) is 25.3. The molecule has 6 nitrogen and oxygen atoms in total. The van der Waals surface area contributed by atoms with E-state index in [9.17, 15) is 9.59 Å². The number of thiophene rings is 1. The van der Waals surface area contributed by atoms with Crippen LogP contribution in [0, 0.1) is 0 Å². The van der Waals surface area contributed by atoms with Crippen molar-refractivity contribution in [3.63, 3.8) is 0 Å². The molecule has 2 aromatic heterocycles. The molecule has 1 atom stereocenters. The van der Waals surface area contributed by atoms with Crippen molar-refractivity contribution in [2.45, 2.75) is 31.1 Å². The molecule has 2 N–H and O–H groups in total. The van der Waals surface area contributed by atoms with Gasteiger partial charge in [0.1, 0.15) is 0 Å². The van der Waals surface area contributed by atoms with Crippen LogP contribution in [0.4, 0.5) is 0 Å². The van der Waals surface area contributed by atoms with E-state index in [-0.39, 0.29) is 23.4 Å².